The molecule has 0 unspecified atom stereocenters. The lowest BCUT2D eigenvalue weighted by Crippen LogP contribution is -2.28. The number of amides is 1. The van der Waals surface area contributed by atoms with Crippen LogP contribution in [0.15, 0.2) is 23.1 Å². The fourth-order valence-electron chi connectivity index (χ4n) is 2.13. The molecule has 1 heterocycles. The number of benzene rings is 1. The van der Waals surface area contributed by atoms with Crippen molar-refractivity contribution >= 4 is 27.5 Å². The maximum Gasteiger partial charge on any atom is 0.253 e. The summed E-state index contributed by atoms with van der Waals surface area (Å²) in [5, 5.41) is 0.122. The van der Waals surface area contributed by atoms with Crippen LogP contribution in [0.5, 0.6) is 0 Å². The Kier molecular flexibility index (Phi) is 4.36. The zero-order valence-electron chi connectivity index (χ0n) is 11.5. The van der Waals surface area contributed by atoms with Crippen LogP contribution in [0.3, 0.4) is 0 Å². The Balaban J connectivity index is 2.41. The SMILES string of the molecule is CN(C)S(=O)(=O)c1cc(C(=O)N2CCCC2)ccc1Cl. The molecule has 1 aliphatic heterocycles. The second kappa shape index (κ2) is 5.71. The first kappa shape index (κ1) is 15.3. The van der Waals surface area contributed by atoms with E-state index in [4.69, 9.17) is 11.6 Å². The summed E-state index contributed by atoms with van der Waals surface area (Å²) in [5.41, 5.74) is 0.358. The van der Waals surface area contributed by atoms with Crippen LogP contribution in [0.4, 0.5) is 0 Å². The number of halogens is 1. The van der Waals surface area contributed by atoms with Gasteiger partial charge in [0.1, 0.15) is 4.90 Å². The number of carbonyl (C=O) groups is 1. The zero-order chi connectivity index (χ0) is 14.9. The van der Waals surface area contributed by atoms with E-state index in [0.717, 1.165) is 30.2 Å². The number of likely N-dealkylation sites (tertiary alicyclic amines) is 1. The summed E-state index contributed by atoms with van der Waals surface area (Å²) in [7, 11) is -0.794. The largest absolute Gasteiger partial charge is 0.339 e. The average molecular weight is 317 g/mol. The third-order valence-corrected chi connectivity index (χ3v) is 5.63. The Morgan fingerprint density at radius 3 is 2.40 bits per heavy atom. The van der Waals surface area contributed by atoms with E-state index >= 15 is 0 Å². The monoisotopic (exact) mass is 316 g/mol. The van der Waals surface area contributed by atoms with Gasteiger partial charge in [0.05, 0.1) is 5.02 Å². The smallest absolute Gasteiger partial charge is 0.253 e. The number of sulfonamides is 1. The van der Waals surface area contributed by atoms with E-state index in [1.54, 1.807) is 11.0 Å². The molecular weight excluding hydrogens is 300 g/mol. The zero-order valence-corrected chi connectivity index (χ0v) is 13.0. The van der Waals surface area contributed by atoms with Crippen LogP contribution in [0.25, 0.3) is 0 Å². The van der Waals surface area contributed by atoms with Crippen molar-refractivity contribution in [3.63, 3.8) is 0 Å². The van der Waals surface area contributed by atoms with E-state index in [-0.39, 0.29) is 15.8 Å². The van der Waals surface area contributed by atoms with Crippen molar-refractivity contribution in [2.75, 3.05) is 27.2 Å². The van der Waals surface area contributed by atoms with Crippen LogP contribution in [0.1, 0.15) is 23.2 Å². The van der Waals surface area contributed by atoms with Gasteiger partial charge < -0.3 is 4.90 Å². The maximum atomic E-state index is 12.3. The van der Waals surface area contributed by atoms with Gasteiger partial charge in [-0.25, -0.2) is 12.7 Å². The molecule has 20 heavy (non-hydrogen) atoms. The number of hydrogen-bond donors (Lipinski definition) is 0. The maximum absolute atomic E-state index is 12.3. The lowest BCUT2D eigenvalue weighted by Gasteiger charge is -2.17. The highest BCUT2D eigenvalue weighted by atomic mass is 35.5. The van der Waals surface area contributed by atoms with E-state index in [1.807, 2.05) is 0 Å². The van der Waals surface area contributed by atoms with Gasteiger partial charge in [0, 0.05) is 32.7 Å². The number of hydrogen-bond acceptors (Lipinski definition) is 3. The molecule has 110 valence electrons. The highest BCUT2D eigenvalue weighted by Crippen LogP contribution is 2.25. The molecule has 0 spiro atoms. The van der Waals surface area contributed by atoms with Crippen molar-refractivity contribution < 1.29 is 13.2 Å². The predicted octanol–water partition coefficient (Wildman–Crippen LogP) is 1.83. The molecule has 1 fully saturated rings. The Hall–Kier alpha value is -1.11. The van der Waals surface area contributed by atoms with E-state index in [0.29, 0.717) is 5.56 Å². The summed E-state index contributed by atoms with van der Waals surface area (Å²) in [6.07, 6.45) is 1.98. The van der Waals surface area contributed by atoms with Crippen LogP contribution in [0, 0.1) is 0 Å². The minimum atomic E-state index is -3.66. The Labute approximate surface area is 124 Å². The number of rotatable bonds is 3. The molecule has 0 radical (unpaired) electrons. The normalized spacial score (nSPS) is 15.9. The molecule has 0 N–H and O–H groups in total. The predicted molar refractivity (Wildman–Crippen MR) is 77.5 cm³/mol. The van der Waals surface area contributed by atoms with E-state index in [9.17, 15) is 13.2 Å². The molecule has 1 aromatic carbocycles. The Morgan fingerprint density at radius 1 is 1.25 bits per heavy atom. The van der Waals surface area contributed by atoms with Crippen LogP contribution < -0.4 is 0 Å². The summed E-state index contributed by atoms with van der Waals surface area (Å²) in [6, 6.07) is 4.39. The molecule has 2 rings (SSSR count). The molecule has 1 aliphatic rings. The Morgan fingerprint density at radius 2 is 1.85 bits per heavy atom. The Bertz CT molecular complexity index is 623. The first-order valence-electron chi connectivity index (χ1n) is 6.35. The lowest BCUT2D eigenvalue weighted by atomic mass is 10.2. The summed E-state index contributed by atoms with van der Waals surface area (Å²) < 4.78 is 25.4. The minimum absolute atomic E-state index is 0.0331. The third-order valence-electron chi connectivity index (χ3n) is 3.33. The number of carbonyl (C=O) groups excluding carboxylic acids is 1. The molecule has 5 nitrogen and oxygen atoms in total. The van der Waals surface area contributed by atoms with Gasteiger partial charge in [0.15, 0.2) is 0 Å². The average Bonchev–Trinajstić information content (AvgIpc) is 2.91. The highest BCUT2D eigenvalue weighted by molar-refractivity contribution is 7.89. The van der Waals surface area contributed by atoms with Gasteiger partial charge in [-0.15, -0.1) is 0 Å². The van der Waals surface area contributed by atoms with Crippen molar-refractivity contribution in [3.05, 3.63) is 28.8 Å². The van der Waals surface area contributed by atoms with Crippen LogP contribution in [0.2, 0.25) is 5.02 Å². The molecule has 0 aromatic heterocycles. The molecule has 0 aliphatic carbocycles. The van der Waals surface area contributed by atoms with Crippen molar-refractivity contribution in [1.82, 2.24) is 9.21 Å². The van der Waals surface area contributed by atoms with E-state index < -0.39 is 10.0 Å². The van der Waals surface area contributed by atoms with Gasteiger partial charge in [-0.05, 0) is 31.0 Å². The van der Waals surface area contributed by atoms with Gasteiger partial charge in [-0.3, -0.25) is 4.79 Å². The van der Waals surface area contributed by atoms with E-state index in [1.165, 1.54) is 26.2 Å². The summed E-state index contributed by atoms with van der Waals surface area (Å²) in [4.78, 5) is 14.0. The molecule has 0 bridgehead atoms. The van der Waals surface area contributed by atoms with Crippen LogP contribution in [-0.2, 0) is 10.0 Å². The topological polar surface area (TPSA) is 57.7 Å². The molecule has 1 saturated heterocycles. The highest BCUT2D eigenvalue weighted by Gasteiger charge is 2.25. The van der Waals surface area contributed by atoms with Crippen molar-refractivity contribution in [1.29, 1.82) is 0 Å². The quantitative estimate of drug-likeness (QED) is 0.855. The van der Waals surface area contributed by atoms with Gasteiger partial charge in [0.25, 0.3) is 5.91 Å². The first-order chi connectivity index (χ1) is 9.34. The molecule has 7 heteroatoms. The molecule has 0 saturated carbocycles. The van der Waals surface area contributed by atoms with Gasteiger partial charge in [-0.2, -0.15) is 0 Å². The summed E-state index contributed by atoms with van der Waals surface area (Å²) >= 11 is 5.96. The summed E-state index contributed by atoms with van der Waals surface area (Å²) in [5.74, 6) is -0.144. The third kappa shape index (κ3) is 2.82. The fourth-order valence-corrected chi connectivity index (χ4v) is 3.53. The minimum Gasteiger partial charge on any atom is -0.339 e. The second-order valence-electron chi connectivity index (χ2n) is 4.93. The first-order valence-corrected chi connectivity index (χ1v) is 8.17. The molecule has 1 amide bonds. The van der Waals surface area contributed by atoms with Crippen molar-refractivity contribution in [2.45, 2.75) is 17.7 Å². The lowest BCUT2D eigenvalue weighted by molar-refractivity contribution is 0.0792. The van der Waals surface area contributed by atoms with Crippen LogP contribution >= 0.6 is 11.6 Å². The molecule has 1 aromatic rings. The second-order valence-corrected chi connectivity index (χ2v) is 7.46. The van der Waals surface area contributed by atoms with Crippen molar-refractivity contribution in [3.8, 4) is 0 Å². The van der Waals surface area contributed by atoms with Crippen molar-refractivity contribution in [2.24, 2.45) is 0 Å². The molecule has 0 atom stereocenters. The molecular formula is C13H17ClN2O3S. The standard InChI is InChI=1S/C13H17ClN2O3S/c1-15(2)20(18,19)12-9-10(5-6-11(12)14)13(17)16-7-3-4-8-16/h5-6,9H,3-4,7-8H2,1-2H3. The van der Waals surface area contributed by atoms with Gasteiger partial charge in [0.2, 0.25) is 10.0 Å². The van der Waals surface area contributed by atoms with Crippen LogP contribution in [-0.4, -0.2) is 50.7 Å². The number of nitrogens with zero attached hydrogens (tertiary/aromatic N) is 2. The fraction of sp³-hybridized carbons (Fsp3) is 0.462. The summed E-state index contributed by atoms with van der Waals surface area (Å²) in [6.45, 7) is 1.44. The van der Waals surface area contributed by atoms with E-state index in [2.05, 4.69) is 0 Å². The van der Waals surface area contributed by atoms with Gasteiger partial charge in [-0.1, -0.05) is 11.6 Å². The van der Waals surface area contributed by atoms with Gasteiger partial charge >= 0.3 is 0 Å².